The lowest BCUT2D eigenvalue weighted by Crippen LogP contribution is -2.04. The Kier molecular flexibility index (Phi) is 3.67. The van der Waals surface area contributed by atoms with Crippen LogP contribution in [0, 0.1) is 13.8 Å². The van der Waals surface area contributed by atoms with Crippen LogP contribution in [0.15, 0.2) is 24.8 Å². The molecule has 15 heavy (non-hydrogen) atoms. The van der Waals surface area contributed by atoms with E-state index in [1.165, 1.54) is 6.08 Å². The molecule has 2 nitrogen and oxygen atoms in total. The van der Waals surface area contributed by atoms with Gasteiger partial charge in [-0.1, -0.05) is 12.6 Å². The Bertz CT molecular complexity index is 392. The highest BCUT2D eigenvalue weighted by atomic mass is 16.5. The van der Waals surface area contributed by atoms with Crippen molar-refractivity contribution in [3.63, 3.8) is 0 Å². The van der Waals surface area contributed by atoms with E-state index in [0.717, 1.165) is 11.1 Å². The van der Waals surface area contributed by atoms with Crippen molar-refractivity contribution in [3.8, 4) is 5.75 Å². The van der Waals surface area contributed by atoms with Gasteiger partial charge in [-0.25, -0.2) is 0 Å². The van der Waals surface area contributed by atoms with E-state index in [1.54, 1.807) is 0 Å². The van der Waals surface area contributed by atoms with Gasteiger partial charge in [-0.15, -0.1) is 0 Å². The number of ether oxygens (including phenoxy) is 1. The van der Waals surface area contributed by atoms with Crippen LogP contribution in [0.25, 0.3) is 0 Å². The zero-order valence-electron chi connectivity index (χ0n) is 9.46. The Morgan fingerprint density at radius 2 is 2.13 bits per heavy atom. The van der Waals surface area contributed by atoms with Gasteiger partial charge in [0, 0.05) is 0 Å². The maximum Gasteiger partial charge on any atom is 0.188 e. The van der Waals surface area contributed by atoms with Crippen LogP contribution in [0.5, 0.6) is 5.75 Å². The largest absolute Gasteiger partial charge is 0.493 e. The molecule has 80 valence electrons. The van der Waals surface area contributed by atoms with Crippen molar-refractivity contribution in [1.82, 2.24) is 0 Å². The second-order valence-electron chi connectivity index (χ2n) is 3.46. The minimum Gasteiger partial charge on any atom is -0.493 e. The Morgan fingerprint density at radius 3 is 2.67 bits per heavy atom. The van der Waals surface area contributed by atoms with Crippen molar-refractivity contribution in [1.29, 1.82) is 0 Å². The average Bonchev–Trinajstić information content (AvgIpc) is 2.20. The maximum atomic E-state index is 11.6. The normalized spacial score (nSPS) is 9.80. The number of aryl methyl sites for hydroxylation is 2. The molecule has 1 rings (SSSR count). The van der Waals surface area contributed by atoms with Crippen LogP contribution in [0.1, 0.15) is 28.4 Å². The number of hydrogen-bond donors (Lipinski definition) is 0. The molecule has 0 aliphatic heterocycles. The van der Waals surface area contributed by atoms with Crippen molar-refractivity contribution in [2.75, 3.05) is 6.61 Å². The summed E-state index contributed by atoms with van der Waals surface area (Å²) in [6, 6.07) is 3.84. The third-order valence-corrected chi connectivity index (χ3v) is 2.16. The molecule has 0 radical (unpaired) electrons. The van der Waals surface area contributed by atoms with E-state index in [4.69, 9.17) is 4.74 Å². The van der Waals surface area contributed by atoms with Crippen molar-refractivity contribution in [2.24, 2.45) is 0 Å². The molecule has 0 fully saturated rings. The summed E-state index contributed by atoms with van der Waals surface area (Å²) < 4.78 is 5.48. The van der Waals surface area contributed by atoms with Crippen LogP contribution in [0.3, 0.4) is 0 Å². The molecule has 0 aliphatic carbocycles. The van der Waals surface area contributed by atoms with Gasteiger partial charge in [-0.05, 0) is 44.0 Å². The molecule has 0 atom stereocenters. The number of carbonyl (C=O) groups excluding carboxylic acids is 1. The zero-order valence-corrected chi connectivity index (χ0v) is 9.46. The molecule has 0 aromatic heterocycles. The highest BCUT2D eigenvalue weighted by molar-refractivity contribution is 6.06. The fourth-order valence-electron chi connectivity index (χ4n) is 1.58. The topological polar surface area (TPSA) is 26.3 Å². The fraction of sp³-hybridized carbons (Fsp3) is 0.308. The van der Waals surface area contributed by atoms with Gasteiger partial charge in [0.25, 0.3) is 0 Å². The average molecular weight is 204 g/mol. The number of ketones is 1. The summed E-state index contributed by atoms with van der Waals surface area (Å²) in [6.45, 7) is 9.86. The summed E-state index contributed by atoms with van der Waals surface area (Å²) in [5, 5.41) is 0. The van der Waals surface area contributed by atoms with E-state index < -0.39 is 0 Å². The van der Waals surface area contributed by atoms with Crippen molar-refractivity contribution >= 4 is 5.78 Å². The molecule has 0 saturated carbocycles. The van der Waals surface area contributed by atoms with Gasteiger partial charge >= 0.3 is 0 Å². The molecule has 0 bridgehead atoms. The molecule has 1 aromatic carbocycles. The quantitative estimate of drug-likeness (QED) is 0.556. The van der Waals surface area contributed by atoms with Crippen LogP contribution >= 0.6 is 0 Å². The number of carbonyl (C=O) groups is 1. The molecule has 1 aromatic rings. The Morgan fingerprint density at radius 1 is 1.47 bits per heavy atom. The third-order valence-electron chi connectivity index (χ3n) is 2.16. The second kappa shape index (κ2) is 4.78. The zero-order chi connectivity index (χ0) is 11.4. The first-order chi connectivity index (χ1) is 7.10. The lowest BCUT2D eigenvalue weighted by atomic mass is 10.0. The first-order valence-corrected chi connectivity index (χ1v) is 5.01. The van der Waals surface area contributed by atoms with E-state index >= 15 is 0 Å². The smallest absolute Gasteiger partial charge is 0.188 e. The van der Waals surface area contributed by atoms with Crippen LogP contribution in [-0.4, -0.2) is 12.4 Å². The summed E-state index contributed by atoms with van der Waals surface area (Å²) in [5.74, 6) is 0.582. The van der Waals surface area contributed by atoms with Gasteiger partial charge in [0.15, 0.2) is 5.78 Å². The predicted octanol–water partition coefficient (Wildman–Crippen LogP) is 3.07. The lowest BCUT2D eigenvalue weighted by Gasteiger charge is -2.12. The van der Waals surface area contributed by atoms with Crippen molar-refractivity contribution in [2.45, 2.75) is 20.8 Å². The van der Waals surface area contributed by atoms with Gasteiger partial charge in [0.05, 0.1) is 12.2 Å². The highest BCUT2D eigenvalue weighted by Gasteiger charge is 2.12. The van der Waals surface area contributed by atoms with Crippen molar-refractivity contribution in [3.05, 3.63) is 41.5 Å². The molecule has 0 heterocycles. The number of allylic oxidation sites excluding steroid dienone is 1. The Labute approximate surface area is 90.6 Å². The van der Waals surface area contributed by atoms with E-state index in [-0.39, 0.29) is 5.78 Å². The molecular formula is C13H16O2. The second-order valence-corrected chi connectivity index (χ2v) is 3.46. The molecule has 0 spiro atoms. The van der Waals surface area contributed by atoms with E-state index in [0.29, 0.717) is 17.9 Å². The van der Waals surface area contributed by atoms with Crippen LogP contribution < -0.4 is 4.74 Å². The van der Waals surface area contributed by atoms with E-state index in [1.807, 2.05) is 32.9 Å². The van der Waals surface area contributed by atoms with Crippen LogP contribution in [0.4, 0.5) is 0 Å². The molecule has 0 N–H and O–H groups in total. The standard InChI is InChI=1S/C13H16O2/c1-5-12(14)11-8-9(3)7-10(4)13(11)15-6-2/h5,7-8H,1,6H2,2-4H3. The summed E-state index contributed by atoms with van der Waals surface area (Å²) >= 11 is 0. The van der Waals surface area contributed by atoms with Gasteiger partial charge in [-0.2, -0.15) is 0 Å². The molecule has 2 heteroatoms. The number of rotatable bonds is 4. The van der Waals surface area contributed by atoms with Crippen molar-refractivity contribution < 1.29 is 9.53 Å². The highest BCUT2D eigenvalue weighted by Crippen LogP contribution is 2.26. The summed E-state index contributed by atoms with van der Waals surface area (Å²) in [6.07, 6.45) is 1.32. The maximum absolute atomic E-state index is 11.6. The Hall–Kier alpha value is -1.57. The SMILES string of the molecule is C=CC(=O)c1cc(C)cc(C)c1OCC. The third kappa shape index (κ3) is 2.46. The summed E-state index contributed by atoms with van der Waals surface area (Å²) in [7, 11) is 0. The van der Waals surface area contributed by atoms with Gasteiger partial charge < -0.3 is 4.74 Å². The van der Waals surface area contributed by atoms with Gasteiger partial charge in [0.2, 0.25) is 0 Å². The van der Waals surface area contributed by atoms with E-state index in [9.17, 15) is 4.79 Å². The molecule has 0 unspecified atom stereocenters. The summed E-state index contributed by atoms with van der Waals surface area (Å²) in [4.78, 5) is 11.6. The van der Waals surface area contributed by atoms with Gasteiger partial charge in [-0.3, -0.25) is 4.79 Å². The number of hydrogen-bond acceptors (Lipinski definition) is 2. The molecular weight excluding hydrogens is 188 g/mol. The predicted molar refractivity (Wildman–Crippen MR) is 61.6 cm³/mol. The van der Waals surface area contributed by atoms with E-state index in [2.05, 4.69) is 6.58 Å². The first kappa shape index (κ1) is 11.5. The van der Waals surface area contributed by atoms with Crippen LogP contribution in [0.2, 0.25) is 0 Å². The minimum atomic E-state index is -0.0924. The minimum absolute atomic E-state index is 0.0924. The summed E-state index contributed by atoms with van der Waals surface area (Å²) in [5.41, 5.74) is 2.65. The molecule has 0 saturated heterocycles. The monoisotopic (exact) mass is 204 g/mol. The molecule has 0 aliphatic rings. The molecule has 0 amide bonds. The van der Waals surface area contributed by atoms with Gasteiger partial charge in [0.1, 0.15) is 5.75 Å². The fourth-order valence-corrected chi connectivity index (χ4v) is 1.58. The Balaban J connectivity index is 3.32. The number of benzene rings is 1. The lowest BCUT2D eigenvalue weighted by molar-refractivity contribution is 0.104. The first-order valence-electron chi connectivity index (χ1n) is 5.01. The van der Waals surface area contributed by atoms with Crippen LogP contribution in [-0.2, 0) is 0 Å².